The van der Waals surface area contributed by atoms with E-state index in [0.717, 1.165) is 24.8 Å². The summed E-state index contributed by atoms with van der Waals surface area (Å²) >= 11 is 3.13. The Balaban J connectivity index is 2.49. The summed E-state index contributed by atoms with van der Waals surface area (Å²) in [6.45, 7) is 2.24. The first kappa shape index (κ1) is 11.0. The van der Waals surface area contributed by atoms with Crippen molar-refractivity contribution in [3.8, 4) is 0 Å². The number of fused-ring (bicyclic) bond motifs is 1. The molecule has 1 aromatic rings. The Hall–Kier alpha value is -0.480. The highest BCUT2D eigenvalue weighted by molar-refractivity contribution is 8.00. The van der Waals surface area contributed by atoms with Crippen LogP contribution in [0, 0.1) is 5.92 Å². The number of carboxylic acids is 1. The van der Waals surface area contributed by atoms with Gasteiger partial charge in [0.15, 0.2) is 0 Å². The molecule has 2 nitrogen and oxygen atoms in total. The normalized spacial score (nSPS) is 20.0. The minimum Gasteiger partial charge on any atom is -0.477 e. The maximum atomic E-state index is 11.1. The molecule has 0 amide bonds. The van der Waals surface area contributed by atoms with E-state index in [9.17, 15) is 4.79 Å². The molecule has 0 radical (unpaired) electrons. The molecule has 1 heterocycles. The maximum absolute atomic E-state index is 11.1. The van der Waals surface area contributed by atoms with Crippen LogP contribution in [0.2, 0.25) is 0 Å². The van der Waals surface area contributed by atoms with Gasteiger partial charge in [0.25, 0.3) is 0 Å². The lowest BCUT2D eigenvalue weighted by Crippen LogP contribution is -2.12. The largest absolute Gasteiger partial charge is 0.477 e. The van der Waals surface area contributed by atoms with Crippen molar-refractivity contribution in [3.05, 3.63) is 16.0 Å². The zero-order valence-corrected chi connectivity index (χ0v) is 10.5. The van der Waals surface area contributed by atoms with E-state index in [1.165, 1.54) is 21.1 Å². The predicted octanol–water partition coefficient (Wildman–Crippen LogP) is 3.29. The molecule has 1 unspecified atom stereocenters. The Morgan fingerprint density at radius 1 is 1.53 bits per heavy atom. The Morgan fingerprint density at radius 2 is 2.27 bits per heavy atom. The summed E-state index contributed by atoms with van der Waals surface area (Å²) in [6.07, 6.45) is 5.14. The number of rotatable bonds is 2. The van der Waals surface area contributed by atoms with Gasteiger partial charge in [-0.3, -0.25) is 0 Å². The van der Waals surface area contributed by atoms with Crippen LogP contribution in [0.3, 0.4) is 0 Å². The first-order valence-corrected chi connectivity index (χ1v) is 7.09. The summed E-state index contributed by atoms with van der Waals surface area (Å²) in [6, 6.07) is 0. The quantitative estimate of drug-likeness (QED) is 0.809. The lowest BCUT2D eigenvalue weighted by atomic mass is 9.86. The number of hydrogen-bond acceptors (Lipinski definition) is 3. The zero-order valence-electron chi connectivity index (χ0n) is 8.87. The van der Waals surface area contributed by atoms with Crippen molar-refractivity contribution in [1.29, 1.82) is 0 Å². The summed E-state index contributed by atoms with van der Waals surface area (Å²) in [7, 11) is 0. The molecule has 0 saturated carbocycles. The number of aromatic carboxylic acids is 1. The highest BCUT2D eigenvalue weighted by atomic mass is 32.2. The molecule has 0 aliphatic heterocycles. The first-order valence-electron chi connectivity index (χ1n) is 5.05. The Labute approximate surface area is 97.7 Å². The van der Waals surface area contributed by atoms with Gasteiger partial charge >= 0.3 is 5.97 Å². The van der Waals surface area contributed by atoms with Crippen LogP contribution in [0.25, 0.3) is 0 Å². The van der Waals surface area contributed by atoms with E-state index >= 15 is 0 Å². The van der Waals surface area contributed by atoms with E-state index in [2.05, 4.69) is 6.92 Å². The second-order valence-electron chi connectivity index (χ2n) is 4.03. The van der Waals surface area contributed by atoms with Gasteiger partial charge in [0.1, 0.15) is 4.88 Å². The second-order valence-corrected chi connectivity index (χ2v) is 6.13. The van der Waals surface area contributed by atoms with Crippen molar-refractivity contribution in [1.82, 2.24) is 0 Å². The highest BCUT2D eigenvalue weighted by Crippen LogP contribution is 2.40. The SMILES string of the molecule is CSc1sc(C(=O)O)c2c1CC(C)CC2. The van der Waals surface area contributed by atoms with E-state index in [-0.39, 0.29) is 0 Å². The van der Waals surface area contributed by atoms with Crippen LogP contribution in [-0.2, 0) is 12.8 Å². The fraction of sp³-hybridized carbons (Fsp3) is 0.545. The summed E-state index contributed by atoms with van der Waals surface area (Å²) in [5, 5.41) is 9.12. The fourth-order valence-corrected chi connectivity index (χ4v) is 4.11. The Kier molecular flexibility index (Phi) is 3.07. The van der Waals surface area contributed by atoms with E-state index in [4.69, 9.17) is 5.11 Å². The molecular weight excluding hydrogens is 228 g/mol. The average Bonchev–Trinajstić information content (AvgIpc) is 2.55. The number of hydrogen-bond donors (Lipinski definition) is 1. The number of thiophene rings is 1. The van der Waals surface area contributed by atoms with Gasteiger partial charge in [-0.15, -0.1) is 23.1 Å². The molecule has 1 aliphatic rings. The number of carboxylic acid groups (broad SMARTS) is 1. The minimum absolute atomic E-state index is 0.571. The lowest BCUT2D eigenvalue weighted by Gasteiger charge is -2.19. The fourth-order valence-electron chi connectivity index (χ4n) is 2.13. The van der Waals surface area contributed by atoms with E-state index in [1.807, 2.05) is 6.26 Å². The molecule has 0 bridgehead atoms. The van der Waals surface area contributed by atoms with E-state index in [1.54, 1.807) is 11.8 Å². The topological polar surface area (TPSA) is 37.3 Å². The van der Waals surface area contributed by atoms with Crippen LogP contribution in [0.4, 0.5) is 0 Å². The van der Waals surface area contributed by atoms with Crippen molar-refractivity contribution in [2.75, 3.05) is 6.26 Å². The summed E-state index contributed by atoms with van der Waals surface area (Å²) in [5.74, 6) is -0.0641. The molecular formula is C11H14O2S2. The molecule has 15 heavy (non-hydrogen) atoms. The van der Waals surface area contributed by atoms with Crippen molar-refractivity contribution < 1.29 is 9.90 Å². The first-order chi connectivity index (χ1) is 7.13. The third-order valence-corrected chi connectivity index (χ3v) is 5.32. The molecule has 0 fully saturated rings. The Bertz CT molecular complexity index is 396. The summed E-state index contributed by atoms with van der Waals surface area (Å²) < 4.78 is 1.20. The van der Waals surface area contributed by atoms with Gasteiger partial charge in [-0.1, -0.05) is 6.92 Å². The van der Waals surface area contributed by atoms with Crippen LogP contribution >= 0.6 is 23.1 Å². The third-order valence-electron chi connectivity index (χ3n) is 2.90. The van der Waals surface area contributed by atoms with Gasteiger partial charge in [0.2, 0.25) is 0 Å². The zero-order chi connectivity index (χ0) is 11.0. The molecule has 82 valence electrons. The lowest BCUT2D eigenvalue weighted by molar-refractivity contribution is 0.0700. The van der Waals surface area contributed by atoms with Gasteiger partial charge in [0, 0.05) is 0 Å². The van der Waals surface area contributed by atoms with Crippen molar-refractivity contribution >= 4 is 29.1 Å². The second kappa shape index (κ2) is 4.18. The van der Waals surface area contributed by atoms with E-state index in [0.29, 0.717) is 10.8 Å². The highest BCUT2D eigenvalue weighted by Gasteiger charge is 2.26. The number of carbonyl (C=O) groups is 1. The molecule has 0 spiro atoms. The molecule has 4 heteroatoms. The van der Waals surface area contributed by atoms with Crippen LogP contribution in [0.5, 0.6) is 0 Å². The van der Waals surface area contributed by atoms with Gasteiger partial charge in [0.05, 0.1) is 4.21 Å². The summed E-state index contributed by atoms with van der Waals surface area (Å²) in [5.41, 5.74) is 2.42. The molecule has 2 rings (SSSR count). The standard InChI is InChI=1S/C11H14O2S2/c1-6-3-4-7-8(5-6)11(14-2)15-9(7)10(12)13/h6H,3-5H2,1-2H3,(H,12,13). The molecule has 1 aliphatic carbocycles. The maximum Gasteiger partial charge on any atom is 0.346 e. The molecule has 1 atom stereocenters. The van der Waals surface area contributed by atoms with Crippen LogP contribution in [0.15, 0.2) is 4.21 Å². The van der Waals surface area contributed by atoms with Crippen molar-refractivity contribution in [3.63, 3.8) is 0 Å². The van der Waals surface area contributed by atoms with Gasteiger partial charge in [-0.2, -0.15) is 0 Å². The number of thioether (sulfide) groups is 1. The van der Waals surface area contributed by atoms with Gasteiger partial charge in [-0.25, -0.2) is 4.79 Å². The monoisotopic (exact) mass is 242 g/mol. The van der Waals surface area contributed by atoms with Crippen LogP contribution < -0.4 is 0 Å². The Morgan fingerprint density at radius 3 is 2.87 bits per heavy atom. The average molecular weight is 242 g/mol. The van der Waals surface area contributed by atoms with Crippen LogP contribution in [0.1, 0.15) is 34.1 Å². The van der Waals surface area contributed by atoms with Crippen molar-refractivity contribution in [2.45, 2.75) is 30.4 Å². The predicted molar refractivity (Wildman–Crippen MR) is 64.2 cm³/mol. The molecule has 0 saturated heterocycles. The minimum atomic E-state index is -0.758. The summed E-state index contributed by atoms with van der Waals surface area (Å²) in [4.78, 5) is 11.7. The van der Waals surface area contributed by atoms with E-state index < -0.39 is 5.97 Å². The smallest absolute Gasteiger partial charge is 0.346 e. The molecule has 1 aromatic heterocycles. The van der Waals surface area contributed by atoms with Gasteiger partial charge in [-0.05, 0) is 42.6 Å². The van der Waals surface area contributed by atoms with Gasteiger partial charge < -0.3 is 5.11 Å². The van der Waals surface area contributed by atoms with Crippen molar-refractivity contribution in [2.24, 2.45) is 5.92 Å². The molecule has 0 aromatic carbocycles. The molecule has 1 N–H and O–H groups in total. The third kappa shape index (κ3) is 1.93. The van der Waals surface area contributed by atoms with Crippen LogP contribution in [-0.4, -0.2) is 17.3 Å².